The fraction of sp³-hybridized carbons (Fsp3) is 0. The Labute approximate surface area is 329 Å². The Morgan fingerprint density at radius 2 is 0.754 bits per heavy atom. The van der Waals surface area contributed by atoms with Crippen LogP contribution < -0.4 is 0 Å². The first-order valence-corrected chi connectivity index (χ1v) is 18.8. The highest BCUT2D eigenvalue weighted by atomic mass is 15.0. The largest absolute Gasteiger partial charge is 0.308 e. The molecule has 0 saturated carbocycles. The zero-order chi connectivity index (χ0) is 38.5. The molecule has 0 spiro atoms. The van der Waals surface area contributed by atoms with Crippen molar-refractivity contribution in [2.24, 2.45) is 0 Å². The predicted molar refractivity (Wildman–Crippen MR) is 232 cm³/mol. The summed E-state index contributed by atoms with van der Waals surface area (Å²) in [4.78, 5) is 0. The van der Waals surface area contributed by atoms with E-state index in [1.165, 1.54) is 38.2 Å². The van der Waals surface area contributed by atoms with Gasteiger partial charge in [0.1, 0.15) is 6.07 Å². The van der Waals surface area contributed by atoms with Crippen molar-refractivity contribution in [2.75, 3.05) is 0 Å². The van der Waals surface area contributed by atoms with E-state index in [9.17, 15) is 15.8 Å². The second-order valence-electron chi connectivity index (χ2n) is 14.2. The average Bonchev–Trinajstić information content (AvgIpc) is 3.60. The van der Waals surface area contributed by atoms with Crippen LogP contribution >= 0.6 is 0 Å². The Morgan fingerprint density at radius 3 is 1.26 bits per heavy atom. The molecule has 9 aromatic carbocycles. The molecule has 10 rings (SSSR count). The molecule has 1 aromatic heterocycles. The van der Waals surface area contributed by atoms with Crippen LogP contribution in [0.3, 0.4) is 0 Å². The van der Waals surface area contributed by atoms with Crippen LogP contribution in [0.25, 0.3) is 93.5 Å². The van der Waals surface area contributed by atoms with Crippen molar-refractivity contribution in [2.45, 2.75) is 0 Å². The van der Waals surface area contributed by atoms with Gasteiger partial charge in [-0.2, -0.15) is 15.8 Å². The molecule has 262 valence electrons. The number of hydrogen-bond donors (Lipinski definition) is 0. The molecule has 0 N–H and O–H groups in total. The lowest BCUT2D eigenvalue weighted by atomic mass is 9.85. The van der Waals surface area contributed by atoms with Crippen molar-refractivity contribution in [1.29, 1.82) is 15.8 Å². The fourth-order valence-electron chi connectivity index (χ4n) is 8.51. The molecule has 0 aliphatic rings. The smallest absolute Gasteiger partial charge is 0.101 e. The molecule has 0 aliphatic heterocycles. The van der Waals surface area contributed by atoms with E-state index < -0.39 is 0 Å². The highest BCUT2D eigenvalue weighted by Gasteiger charge is 2.19. The standard InChI is InChI=1S/C53H30N4/c54-31-34-20-23-50-47(26-34)48-27-35(32-55)21-24-51(48)57(50)49-25-22-40(30-42(49)33-56)38-13-8-12-37(28-38)39-14-9-15-41(29-39)53-45-18-6-4-16-43(45)52(36-10-2-1-3-11-36)44-17-5-7-19-46(44)53/h1-30H. The highest BCUT2D eigenvalue weighted by molar-refractivity contribution is 6.21. The van der Waals surface area contributed by atoms with E-state index >= 15 is 0 Å². The van der Waals surface area contributed by atoms with Crippen LogP contribution in [-0.2, 0) is 0 Å². The summed E-state index contributed by atoms with van der Waals surface area (Å²) >= 11 is 0. The first-order valence-electron chi connectivity index (χ1n) is 18.8. The second-order valence-corrected chi connectivity index (χ2v) is 14.2. The van der Waals surface area contributed by atoms with Crippen molar-refractivity contribution in [3.05, 3.63) is 199 Å². The highest BCUT2D eigenvalue weighted by Crippen LogP contribution is 2.44. The van der Waals surface area contributed by atoms with Gasteiger partial charge in [-0.15, -0.1) is 0 Å². The van der Waals surface area contributed by atoms with Gasteiger partial charge in [0, 0.05) is 10.8 Å². The Balaban J connectivity index is 1.08. The molecule has 4 heteroatoms. The minimum atomic E-state index is 0.519. The molecule has 0 atom stereocenters. The molecule has 0 bridgehead atoms. The SMILES string of the molecule is N#Cc1ccc2c(c1)c1cc(C#N)ccc1n2-c1ccc(-c2cccc(-c3cccc(-c4c5ccccc5c(-c5ccccc5)c5ccccc45)c3)c2)cc1C#N. The molecule has 0 radical (unpaired) electrons. The summed E-state index contributed by atoms with van der Waals surface area (Å²) < 4.78 is 2.05. The maximum atomic E-state index is 10.6. The quantitative estimate of drug-likeness (QED) is 0.166. The van der Waals surface area contributed by atoms with Crippen molar-refractivity contribution >= 4 is 43.4 Å². The zero-order valence-electron chi connectivity index (χ0n) is 30.6. The maximum absolute atomic E-state index is 10.6. The predicted octanol–water partition coefficient (Wildman–Crippen LogP) is 13.4. The lowest BCUT2D eigenvalue weighted by molar-refractivity contribution is 1.17. The lowest BCUT2D eigenvalue weighted by Crippen LogP contribution is -1.98. The Kier molecular flexibility index (Phi) is 7.94. The van der Waals surface area contributed by atoms with Crippen LogP contribution in [0.1, 0.15) is 16.7 Å². The summed E-state index contributed by atoms with van der Waals surface area (Å²) in [6.45, 7) is 0. The van der Waals surface area contributed by atoms with Gasteiger partial charge in [-0.1, -0.05) is 121 Å². The number of nitrogens with zero attached hydrogens (tertiary/aromatic N) is 4. The van der Waals surface area contributed by atoms with Crippen molar-refractivity contribution in [1.82, 2.24) is 4.57 Å². The normalized spacial score (nSPS) is 11.1. The van der Waals surface area contributed by atoms with Gasteiger partial charge in [0.05, 0.1) is 45.5 Å². The van der Waals surface area contributed by atoms with Gasteiger partial charge >= 0.3 is 0 Å². The number of aromatic nitrogens is 1. The van der Waals surface area contributed by atoms with Crippen LogP contribution in [-0.4, -0.2) is 4.57 Å². The van der Waals surface area contributed by atoms with E-state index in [4.69, 9.17) is 0 Å². The summed E-state index contributed by atoms with van der Waals surface area (Å²) in [6.07, 6.45) is 0. The molecule has 0 amide bonds. The third-order valence-electron chi connectivity index (χ3n) is 11.1. The minimum absolute atomic E-state index is 0.519. The van der Waals surface area contributed by atoms with Gasteiger partial charge in [-0.3, -0.25) is 0 Å². The van der Waals surface area contributed by atoms with E-state index in [0.29, 0.717) is 16.7 Å². The first kappa shape index (κ1) is 33.3. The Bertz CT molecular complexity index is 3260. The third kappa shape index (κ3) is 5.51. The summed E-state index contributed by atoms with van der Waals surface area (Å²) in [5.74, 6) is 0. The van der Waals surface area contributed by atoms with E-state index in [1.54, 1.807) is 12.1 Å². The molecular formula is C53H30N4. The van der Waals surface area contributed by atoms with Gasteiger partial charge in [0.15, 0.2) is 0 Å². The number of hydrogen-bond acceptors (Lipinski definition) is 3. The van der Waals surface area contributed by atoms with Crippen LogP contribution in [0.4, 0.5) is 0 Å². The van der Waals surface area contributed by atoms with Crippen molar-refractivity contribution in [3.8, 4) is 68.4 Å². The van der Waals surface area contributed by atoms with E-state index in [0.717, 1.165) is 55.3 Å². The second kappa shape index (κ2) is 13.6. The molecule has 57 heavy (non-hydrogen) atoms. The van der Waals surface area contributed by atoms with Crippen LogP contribution in [0.2, 0.25) is 0 Å². The van der Waals surface area contributed by atoms with Gasteiger partial charge in [0.25, 0.3) is 0 Å². The number of fused-ring (bicyclic) bond motifs is 5. The first-order chi connectivity index (χ1) is 28.1. The molecule has 1 heterocycles. The maximum Gasteiger partial charge on any atom is 0.101 e. The summed E-state index contributed by atoms with van der Waals surface area (Å²) in [5.41, 5.74) is 13.0. The third-order valence-corrected chi connectivity index (χ3v) is 11.1. The Morgan fingerprint density at radius 1 is 0.316 bits per heavy atom. The summed E-state index contributed by atoms with van der Waals surface area (Å²) in [5, 5.41) is 36.4. The fourth-order valence-corrected chi connectivity index (χ4v) is 8.51. The van der Waals surface area contributed by atoms with E-state index in [1.807, 2.05) is 36.4 Å². The molecule has 0 unspecified atom stereocenters. The topological polar surface area (TPSA) is 76.3 Å². The van der Waals surface area contributed by atoms with E-state index in [2.05, 4.69) is 156 Å². The van der Waals surface area contributed by atoms with Gasteiger partial charge < -0.3 is 4.57 Å². The van der Waals surface area contributed by atoms with Crippen molar-refractivity contribution in [3.63, 3.8) is 0 Å². The van der Waals surface area contributed by atoms with Gasteiger partial charge in [-0.25, -0.2) is 0 Å². The lowest BCUT2D eigenvalue weighted by Gasteiger charge is -2.18. The number of nitriles is 3. The summed E-state index contributed by atoms with van der Waals surface area (Å²) in [6, 6.07) is 69.4. The van der Waals surface area contributed by atoms with Crippen LogP contribution in [0, 0.1) is 34.0 Å². The number of rotatable bonds is 5. The van der Waals surface area contributed by atoms with Crippen LogP contribution in [0.15, 0.2) is 182 Å². The van der Waals surface area contributed by atoms with Crippen LogP contribution in [0.5, 0.6) is 0 Å². The van der Waals surface area contributed by atoms with Crippen molar-refractivity contribution < 1.29 is 0 Å². The molecule has 0 saturated heterocycles. The monoisotopic (exact) mass is 722 g/mol. The summed E-state index contributed by atoms with van der Waals surface area (Å²) in [7, 11) is 0. The Hall–Kier alpha value is -8.23. The average molecular weight is 723 g/mol. The molecule has 4 nitrogen and oxygen atoms in total. The molecule has 0 fully saturated rings. The molecular weight excluding hydrogens is 693 g/mol. The zero-order valence-corrected chi connectivity index (χ0v) is 30.6. The molecule has 0 aliphatic carbocycles. The minimum Gasteiger partial charge on any atom is -0.308 e. The molecule has 10 aromatic rings. The van der Waals surface area contributed by atoms with Gasteiger partial charge in [0.2, 0.25) is 0 Å². The van der Waals surface area contributed by atoms with Gasteiger partial charge in [-0.05, 0) is 127 Å². The van der Waals surface area contributed by atoms with E-state index in [-0.39, 0.29) is 0 Å². The number of benzene rings is 9.